The number of rotatable bonds is 8. The Labute approximate surface area is 107 Å². The molecule has 0 saturated heterocycles. The lowest BCUT2D eigenvalue weighted by Gasteiger charge is -2.28. The summed E-state index contributed by atoms with van der Waals surface area (Å²) in [6.07, 6.45) is 5.56. The lowest BCUT2D eigenvalue weighted by molar-refractivity contribution is 0.122. The van der Waals surface area contributed by atoms with Crippen LogP contribution >= 0.6 is 0 Å². The molecule has 2 atom stereocenters. The van der Waals surface area contributed by atoms with Gasteiger partial charge in [-0.1, -0.05) is 19.8 Å². The summed E-state index contributed by atoms with van der Waals surface area (Å²) in [5.74, 6) is 0.914. The van der Waals surface area contributed by atoms with Gasteiger partial charge in [-0.2, -0.15) is 0 Å². The molecule has 1 saturated carbocycles. The van der Waals surface area contributed by atoms with E-state index < -0.39 is 0 Å². The number of nitrogens with zero attached hydrogens (tertiary/aromatic N) is 1. The molecule has 3 nitrogen and oxygen atoms in total. The summed E-state index contributed by atoms with van der Waals surface area (Å²) in [5, 5.41) is 3.69. The fourth-order valence-corrected chi connectivity index (χ4v) is 2.56. The largest absolute Gasteiger partial charge is 0.380 e. The Morgan fingerprint density at radius 3 is 2.82 bits per heavy atom. The first-order valence-electron chi connectivity index (χ1n) is 7.22. The SMILES string of the molecule is CCOCCN(C)CCNC1CCCC(C)C1. The van der Waals surface area contributed by atoms with E-state index in [0.29, 0.717) is 0 Å². The van der Waals surface area contributed by atoms with E-state index in [9.17, 15) is 0 Å². The number of hydrogen-bond donors (Lipinski definition) is 1. The number of hydrogen-bond acceptors (Lipinski definition) is 3. The van der Waals surface area contributed by atoms with Crippen LogP contribution in [-0.2, 0) is 4.74 Å². The van der Waals surface area contributed by atoms with E-state index in [4.69, 9.17) is 4.74 Å². The van der Waals surface area contributed by atoms with E-state index in [2.05, 4.69) is 24.2 Å². The van der Waals surface area contributed by atoms with Gasteiger partial charge in [0.05, 0.1) is 6.61 Å². The van der Waals surface area contributed by atoms with Gasteiger partial charge < -0.3 is 15.0 Å². The molecule has 0 aliphatic heterocycles. The quantitative estimate of drug-likeness (QED) is 0.660. The average molecular weight is 242 g/mol. The van der Waals surface area contributed by atoms with Crippen molar-refractivity contribution in [1.82, 2.24) is 10.2 Å². The Kier molecular flexibility index (Phi) is 7.82. The topological polar surface area (TPSA) is 24.5 Å². The first-order valence-corrected chi connectivity index (χ1v) is 7.22. The predicted molar refractivity (Wildman–Crippen MR) is 73.4 cm³/mol. The molecule has 1 aliphatic rings. The molecule has 3 heteroatoms. The highest BCUT2D eigenvalue weighted by atomic mass is 16.5. The molecule has 1 fully saturated rings. The number of ether oxygens (including phenoxy) is 1. The van der Waals surface area contributed by atoms with Crippen molar-refractivity contribution in [3.8, 4) is 0 Å². The minimum atomic E-state index is 0.763. The van der Waals surface area contributed by atoms with E-state index in [1.165, 1.54) is 25.7 Å². The summed E-state index contributed by atoms with van der Waals surface area (Å²) >= 11 is 0. The minimum Gasteiger partial charge on any atom is -0.380 e. The van der Waals surface area contributed by atoms with Gasteiger partial charge in [0.25, 0.3) is 0 Å². The molecule has 1 N–H and O–H groups in total. The van der Waals surface area contributed by atoms with Gasteiger partial charge in [0, 0.05) is 32.3 Å². The van der Waals surface area contributed by atoms with Gasteiger partial charge in [0.2, 0.25) is 0 Å². The maximum absolute atomic E-state index is 5.35. The van der Waals surface area contributed by atoms with Crippen molar-refractivity contribution in [1.29, 1.82) is 0 Å². The van der Waals surface area contributed by atoms with Crippen LogP contribution in [0.5, 0.6) is 0 Å². The Hall–Kier alpha value is -0.120. The molecule has 0 bridgehead atoms. The Morgan fingerprint density at radius 1 is 1.29 bits per heavy atom. The van der Waals surface area contributed by atoms with Crippen molar-refractivity contribution in [3.05, 3.63) is 0 Å². The second-order valence-electron chi connectivity index (χ2n) is 5.42. The number of likely N-dealkylation sites (N-methyl/N-ethyl adjacent to an activating group) is 1. The molecule has 0 amide bonds. The first-order chi connectivity index (χ1) is 8.22. The standard InChI is InChI=1S/C14H30N2O/c1-4-17-11-10-16(3)9-8-15-14-7-5-6-13(2)12-14/h13-15H,4-12H2,1-3H3. The van der Waals surface area contributed by atoms with Crippen molar-refractivity contribution in [2.24, 2.45) is 5.92 Å². The van der Waals surface area contributed by atoms with Gasteiger partial charge in [-0.15, -0.1) is 0 Å². The highest BCUT2D eigenvalue weighted by molar-refractivity contribution is 4.76. The highest BCUT2D eigenvalue weighted by Crippen LogP contribution is 2.23. The molecule has 1 rings (SSSR count). The van der Waals surface area contributed by atoms with Crippen LogP contribution < -0.4 is 5.32 Å². The first kappa shape index (κ1) is 14.9. The van der Waals surface area contributed by atoms with Gasteiger partial charge in [0.15, 0.2) is 0 Å². The van der Waals surface area contributed by atoms with Crippen molar-refractivity contribution in [2.45, 2.75) is 45.6 Å². The lowest BCUT2D eigenvalue weighted by Crippen LogP contribution is -2.39. The van der Waals surface area contributed by atoms with Crippen LogP contribution in [0.25, 0.3) is 0 Å². The Balaban J connectivity index is 1.98. The summed E-state index contributed by atoms with van der Waals surface area (Å²) in [7, 11) is 2.17. The van der Waals surface area contributed by atoms with E-state index in [1.54, 1.807) is 0 Å². The minimum absolute atomic E-state index is 0.763. The van der Waals surface area contributed by atoms with Gasteiger partial charge in [-0.25, -0.2) is 0 Å². The normalized spacial score (nSPS) is 25.4. The molecule has 0 aromatic rings. The molecule has 0 heterocycles. The predicted octanol–water partition coefficient (Wildman–Crippen LogP) is 2.12. The monoisotopic (exact) mass is 242 g/mol. The smallest absolute Gasteiger partial charge is 0.0593 e. The van der Waals surface area contributed by atoms with Crippen molar-refractivity contribution in [3.63, 3.8) is 0 Å². The Morgan fingerprint density at radius 2 is 2.12 bits per heavy atom. The zero-order chi connectivity index (χ0) is 12.5. The van der Waals surface area contributed by atoms with Crippen molar-refractivity contribution in [2.75, 3.05) is 39.9 Å². The summed E-state index contributed by atoms with van der Waals surface area (Å²) in [6.45, 7) is 9.38. The fraction of sp³-hybridized carbons (Fsp3) is 1.00. The van der Waals surface area contributed by atoms with Crippen molar-refractivity contribution >= 4 is 0 Å². The lowest BCUT2D eigenvalue weighted by atomic mass is 9.87. The third-order valence-corrected chi connectivity index (χ3v) is 3.68. The molecule has 0 spiro atoms. The van der Waals surface area contributed by atoms with E-state index in [1.807, 2.05) is 6.92 Å². The molecule has 0 radical (unpaired) electrons. The van der Waals surface area contributed by atoms with E-state index in [0.717, 1.165) is 44.8 Å². The van der Waals surface area contributed by atoms with E-state index >= 15 is 0 Å². The van der Waals surface area contributed by atoms with Gasteiger partial charge in [-0.05, 0) is 32.7 Å². The highest BCUT2D eigenvalue weighted by Gasteiger charge is 2.17. The maximum Gasteiger partial charge on any atom is 0.0593 e. The van der Waals surface area contributed by atoms with Crippen LogP contribution in [0.3, 0.4) is 0 Å². The van der Waals surface area contributed by atoms with Crippen LogP contribution in [0.1, 0.15) is 39.5 Å². The molecule has 1 aliphatic carbocycles. The molecular formula is C14H30N2O. The third-order valence-electron chi connectivity index (χ3n) is 3.68. The average Bonchev–Trinajstić information content (AvgIpc) is 2.29. The summed E-state index contributed by atoms with van der Waals surface area (Å²) in [6, 6.07) is 0.763. The van der Waals surface area contributed by atoms with Crippen LogP contribution in [0.15, 0.2) is 0 Å². The summed E-state index contributed by atoms with van der Waals surface area (Å²) in [4.78, 5) is 2.34. The second-order valence-corrected chi connectivity index (χ2v) is 5.42. The summed E-state index contributed by atoms with van der Waals surface area (Å²) in [5.41, 5.74) is 0. The van der Waals surface area contributed by atoms with Gasteiger partial charge >= 0.3 is 0 Å². The Bertz CT molecular complexity index is 187. The van der Waals surface area contributed by atoms with Crippen LogP contribution in [0.2, 0.25) is 0 Å². The van der Waals surface area contributed by atoms with Crippen LogP contribution in [-0.4, -0.2) is 50.8 Å². The van der Waals surface area contributed by atoms with Gasteiger partial charge in [-0.3, -0.25) is 0 Å². The zero-order valence-electron chi connectivity index (χ0n) is 11.9. The molecule has 2 unspecified atom stereocenters. The van der Waals surface area contributed by atoms with Crippen LogP contribution in [0, 0.1) is 5.92 Å². The zero-order valence-corrected chi connectivity index (χ0v) is 11.9. The van der Waals surface area contributed by atoms with Gasteiger partial charge in [0.1, 0.15) is 0 Å². The maximum atomic E-state index is 5.35. The molecule has 17 heavy (non-hydrogen) atoms. The van der Waals surface area contributed by atoms with E-state index in [-0.39, 0.29) is 0 Å². The fourth-order valence-electron chi connectivity index (χ4n) is 2.56. The summed E-state index contributed by atoms with van der Waals surface area (Å²) < 4.78 is 5.35. The number of nitrogens with one attached hydrogen (secondary N) is 1. The molecule has 0 aromatic carbocycles. The van der Waals surface area contributed by atoms with Crippen molar-refractivity contribution < 1.29 is 4.74 Å². The molecule has 102 valence electrons. The molecule has 0 aromatic heterocycles. The third kappa shape index (κ3) is 7.02. The van der Waals surface area contributed by atoms with Crippen LogP contribution in [0.4, 0.5) is 0 Å². The molecular weight excluding hydrogens is 212 g/mol. The second kappa shape index (κ2) is 8.90.